The van der Waals surface area contributed by atoms with Crippen LogP contribution >= 0.6 is 21.6 Å². The zero-order chi connectivity index (χ0) is 39.7. The lowest BCUT2D eigenvalue weighted by molar-refractivity contribution is -0.142. The summed E-state index contributed by atoms with van der Waals surface area (Å²) < 4.78 is 0. The van der Waals surface area contributed by atoms with Crippen molar-refractivity contribution in [1.29, 1.82) is 0 Å². The van der Waals surface area contributed by atoms with Gasteiger partial charge in [-0.15, -0.1) is 0 Å². The number of carboxylic acid groups (broad SMARTS) is 1. The first-order chi connectivity index (χ1) is 24.2. The lowest BCUT2D eigenvalue weighted by atomic mass is 10.0. The van der Waals surface area contributed by atoms with Gasteiger partial charge in [-0.1, -0.05) is 35.4 Å². The largest absolute Gasteiger partial charge is 0.481 e. The highest BCUT2D eigenvalue weighted by molar-refractivity contribution is 8.76. The number of hydrogen-bond acceptors (Lipinski definition) is 13. The molecule has 0 saturated carbocycles. The highest BCUT2D eigenvalue weighted by Gasteiger charge is 2.35. The topological polar surface area (TPSA) is 366 Å². The molecule has 0 bridgehead atoms. The van der Waals surface area contributed by atoms with Crippen molar-refractivity contribution in [1.82, 2.24) is 31.9 Å². The zero-order valence-corrected chi connectivity index (χ0v) is 31.0. The van der Waals surface area contributed by atoms with E-state index in [0.717, 1.165) is 28.5 Å². The molecule has 1 heterocycles. The van der Waals surface area contributed by atoms with Crippen LogP contribution in [-0.2, 0) is 38.4 Å². The van der Waals surface area contributed by atoms with E-state index in [2.05, 4.69) is 36.9 Å². The van der Waals surface area contributed by atoms with Crippen molar-refractivity contribution in [2.24, 2.45) is 33.8 Å². The Labute approximate surface area is 308 Å². The lowest BCUT2D eigenvalue weighted by Crippen LogP contribution is -2.61. The Kier molecular flexibility index (Phi) is 19.8. The minimum Gasteiger partial charge on any atom is -0.481 e. The van der Waals surface area contributed by atoms with Crippen LogP contribution in [0, 0.1) is 5.92 Å². The van der Waals surface area contributed by atoms with Crippen molar-refractivity contribution in [3.05, 3.63) is 0 Å². The van der Waals surface area contributed by atoms with Crippen LogP contribution in [0.4, 0.5) is 0 Å². The van der Waals surface area contributed by atoms with Gasteiger partial charge in [0.25, 0.3) is 0 Å². The molecule has 21 nitrogen and oxygen atoms in total. The SMILES string of the molecule is CC(C)C[C@@H]1NC(=O)[C@H]([C@@H](C)O)NC(=O)[C@H](CC(=O)O)NC(=O)[C@H](C)NC(=O)[C@H](CCCN=C(N)N)NC(=O)[C@@H](N)CSSC[C@@H](C(N)=O)NC1=O. The molecule has 1 aliphatic rings. The molecule has 52 heavy (non-hydrogen) atoms. The Hall–Kier alpha value is -4.35. The van der Waals surface area contributed by atoms with Gasteiger partial charge in [-0.2, -0.15) is 0 Å². The minimum absolute atomic E-state index is 0.00192. The fourth-order valence-corrected chi connectivity index (χ4v) is 6.81. The Balaban J connectivity index is 3.52. The summed E-state index contributed by atoms with van der Waals surface area (Å²) in [5.74, 6) is -8.39. The second kappa shape index (κ2) is 22.6. The summed E-state index contributed by atoms with van der Waals surface area (Å²) in [5, 5.41) is 34.1. The fraction of sp³-hybridized carbons (Fsp3) is 0.690. The van der Waals surface area contributed by atoms with E-state index in [1.54, 1.807) is 13.8 Å². The summed E-state index contributed by atoms with van der Waals surface area (Å²) in [6.45, 7) is 6.02. The van der Waals surface area contributed by atoms with Crippen LogP contribution in [0.25, 0.3) is 0 Å². The summed E-state index contributed by atoms with van der Waals surface area (Å²) >= 11 is 0. The number of nitrogens with one attached hydrogen (secondary N) is 6. The quantitative estimate of drug-likeness (QED) is 0.0428. The Morgan fingerprint density at radius 1 is 0.788 bits per heavy atom. The van der Waals surface area contributed by atoms with E-state index in [1.807, 2.05) is 0 Å². The van der Waals surface area contributed by atoms with Gasteiger partial charge in [0.05, 0.1) is 18.6 Å². The van der Waals surface area contributed by atoms with Crippen molar-refractivity contribution < 1.29 is 48.6 Å². The van der Waals surface area contributed by atoms with Gasteiger partial charge in [-0.3, -0.25) is 43.3 Å². The average molecular weight is 778 g/mol. The van der Waals surface area contributed by atoms with Gasteiger partial charge < -0.3 is 65.0 Å². The molecule has 0 aromatic rings. The number of aliphatic carboxylic acids is 1. The first-order valence-electron chi connectivity index (χ1n) is 16.3. The molecule has 1 rings (SSSR count). The third-order valence-corrected chi connectivity index (χ3v) is 9.75. The van der Waals surface area contributed by atoms with E-state index in [9.17, 15) is 48.6 Å². The van der Waals surface area contributed by atoms with Gasteiger partial charge in [0.2, 0.25) is 41.4 Å². The summed E-state index contributed by atoms with van der Waals surface area (Å²) in [4.78, 5) is 107. The molecule has 294 valence electrons. The predicted molar refractivity (Wildman–Crippen MR) is 193 cm³/mol. The monoisotopic (exact) mass is 777 g/mol. The Morgan fingerprint density at radius 3 is 1.90 bits per heavy atom. The van der Waals surface area contributed by atoms with E-state index in [-0.39, 0.29) is 49.2 Å². The Bertz CT molecular complexity index is 1330. The third-order valence-electron chi connectivity index (χ3n) is 7.31. The molecular formula is C29H51N11O10S2. The second-order valence-corrected chi connectivity index (χ2v) is 15.0. The van der Waals surface area contributed by atoms with Gasteiger partial charge in [0, 0.05) is 18.1 Å². The van der Waals surface area contributed by atoms with Crippen molar-refractivity contribution in [3.8, 4) is 0 Å². The van der Waals surface area contributed by atoms with Crippen LogP contribution in [0.5, 0.6) is 0 Å². The smallest absolute Gasteiger partial charge is 0.305 e. The van der Waals surface area contributed by atoms with Crippen LogP contribution in [0.3, 0.4) is 0 Å². The van der Waals surface area contributed by atoms with E-state index < -0.39 is 102 Å². The number of nitrogens with two attached hydrogens (primary N) is 4. The summed E-state index contributed by atoms with van der Waals surface area (Å²) in [6, 6.07) is -9.79. The van der Waals surface area contributed by atoms with Crippen molar-refractivity contribution in [2.45, 2.75) is 102 Å². The van der Waals surface area contributed by atoms with Gasteiger partial charge in [-0.25, -0.2) is 0 Å². The molecule has 16 N–H and O–H groups in total. The molecule has 1 saturated heterocycles. The molecule has 0 aliphatic carbocycles. The summed E-state index contributed by atoms with van der Waals surface area (Å²) in [6.07, 6.45) is -2.25. The average Bonchev–Trinajstić information content (AvgIpc) is 3.03. The molecule has 0 unspecified atom stereocenters. The van der Waals surface area contributed by atoms with Crippen molar-refractivity contribution in [2.75, 3.05) is 18.1 Å². The Morgan fingerprint density at radius 2 is 1.35 bits per heavy atom. The van der Waals surface area contributed by atoms with E-state index in [1.165, 1.54) is 6.92 Å². The fourth-order valence-electron chi connectivity index (χ4n) is 4.52. The summed E-state index contributed by atoms with van der Waals surface area (Å²) in [7, 11) is 2.15. The number of rotatable bonds is 10. The summed E-state index contributed by atoms with van der Waals surface area (Å²) in [5.41, 5.74) is 22.3. The van der Waals surface area contributed by atoms with Gasteiger partial charge >= 0.3 is 5.97 Å². The molecule has 0 spiro atoms. The number of carbonyl (C=O) groups excluding carboxylic acids is 7. The van der Waals surface area contributed by atoms with Gasteiger partial charge in [0.1, 0.15) is 36.3 Å². The number of aliphatic hydroxyl groups excluding tert-OH is 1. The number of guanidine groups is 1. The van der Waals surface area contributed by atoms with Crippen LogP contribution in [-0.4, -0.2) is 130 Å². The van der Waals surface area contributed by atoms with Crippen molar-refractivity contribution in [3.63, 3.8) is 0 Å². The predicted octanol–water partition coefficient (Wildman–Crippen LogP) is -4.92. The maximum absolute atomic E-state index is 13.4. The van der Waals surface area contributed by atoms with Gasteiger partial charge in [-0.05, 0) is 39.0 Å². The molecule has 23 heteroatoms. The highest BCUT2D eigenvalue weighted by atomic mass is 33.1. The lowest BCUT2D eigenvalue weighted by Gasteiger charge is -2.28. The number of aliphatic hydroxyl groups is 1. The van der Waals surface area contributed by atoms with E-state index >= 15 is 0 Å². The molecule has 0 aromatic carbocycles. The molecule has 8 atom stereocenters. The molecule has 1 fully saturated rings. The van der Waals surface area contributed by atoms with Crippen molar-refractivity contribution >= 4 is 74.9 Å². The number of hydrogen-bond donors (Lipinski definition) is 12. The molecule has 0 aromatic heterocycles. The van der Waals surface area contributed by atoms with Crippen LogP contribution in [0.1, 0.15) is 53.4 Å². The molecule has 7 amide bonds. The standard InChI is InChI=1S/C29H51N11O10S2/c1-12(2)8-17-26(48)39-19(22(31)44)11-52-51-10-15(30)24(46)36-16(6-5-7-34-29(32)33)25(47)35-13(3)23(45)37-18(9-20(42)43)27(49)40-21(14(4)41)28(50)38-17/h12-19,21,41H,5-11,30H2,1-4H3,(H2,31,44)(H,35,47)(H,36,46)(H,37,45)(H,38,50)(H,39,48)(H,40,49)(H,42,43)(H4,32,33,34)/t13-,14+,15-,16-,17-,18-,19-,21-/m0/s1. The van der Waals surface area contributed by atoms with E-state index in [0.29, 0.717) is 0 Å². The third kappa shape index (κ3) is 16.8. The first kappa shape index (κ1) is 45.7. The second-order valence-electron chi connectivity index (χ2n) is 12.5. The first-order valence-corrected chi connectivity index (χ1v) is 18.8. The maximum atomic E-state index is 13.4. The molecular weight excluding hydrogens is 727 g/mol. The van der Waals surface area contributed by atoms with E-state index in [4.69, 9.17) is 22.9 Å². The maximum Gasteiger partial charge on any atom is 0.305 e. The number of aliphatic imine (C=N–C) groups is 1. The number of primary amides is 1. The highest BCUT2D eigenvalue weighted by Crippen LogP contribution is 2.23. The van der Waals surface area contributed by atoms with Crippen LogP contribution in [0.15, 0.2) is 4.99 Å². The molecule has 1 aliphatic heterocycles. The van der Waals surface area contributed by atoms with Gasteiger partial charge in [0.15, 0.2) is 5.96 Å². The van der Waals surface area contributed by atoms with Crippen LogP contribution < -0.4 is 54.8 Å². The number of carbonyl (C=O) groups is 8. The minimum atomic E-state index is -1.80. The van der Waals surface area contributed by atoms with Crippen LogP contribution in [0.2, 0.25) is 0 Å². The molecule has 0 radical (unpaired) electrons. The number of nitrogens with zero attached hydrogens (tertiary/aromatic N) is 1. The number of carboxylic acids is 1. The zero-order valence-electron chi connectivity index (χ0n) is 29.4. The normalized spacial score (nSPS) is 27.1. The number of amides is 7.